The molecule has 5 nitrogen and oxygen atoms in total. The Morgan fingerprint density at radius 2 is 1.91 bits per heavy atom. The maximum absolute atomic E-state index is 12.2. The predicted molar refractivity (Wildman–Crippen MR) is 89.2 cm³/mol. The van der Waals surface area contributed by atoms with E-state index in [1.165, 1.54) is 38.5 Å². The molecule has 4 bridgehead atoms. The summed E-state index contributed by atoms with van der Waals surface area (Å²) in [5.41, 5.74) is 3.30. The number of H-pyrrole nitrogens is 1. The molecule has 4 fully saturated rings. The van der Waals surface area contributed by atoms with Crippen LogP contribution in [0.5, 0.6) is 0 Å². The fraction of sp³-hybridized carbons (Fsp3) is 0.722. The molecule has 0 unspecified atom stereocenters. The van der Waals surface area contributed by atoms with Crippen LogP contribution >= 0.6 is 0 Å². The standard InChI is InChI=1S/C18H26N4O/c1-11(2)9-20-22-16(23)15-10-19-17(21-15)18-6-12-3-13(7-18)5-14(4-12)8-18/h9-14H,3-8H2,1-2H3,(H,19,21)(H,22,23)/b20-9+. The zero-order valence-electron chi connectivity index (χ0n) is 14.0. The van der Waals surface area contributed by atoms with Crippen LogP contribution in [-0.4, -0.2) is 22.1 Å². The highest BCUT2D eigenvalue weighted by molar-refractivity contribution is 5.92. The van der Waals surface area contributed by atoms with Gasteiger partial charge in [0.25, 0.3) is 5.91 Å². The van der Waals surface area contributed by atoms with E-state index in [2.05, 4.69) is 20.5 Å². The van der Waals surface area contributed by atoms with E-state index in [0.29, 0.717) is 11.6 Å². The van der Waals surface area contributed by atoms with Crippen molar-refractivity contribution in [1.29, 1.82) is 0 Å². The zero-order chi connectivity index (χ0) is 16.0. The highest BCUT2D eigenvalue weighted by Gasteiger charge is 2.53. The zero-order valence-corrected chi connectivity index (χ0v) is 14.0. The Morgan fingerprint density at radius 3 is 2.48 bits per heavy atom. The van der Waals surface area contributed by atoms with Gasteiger partial charge in [-0.05, 0) is 62.2 Å². The van der Waals surface area contributed by atoms with Gasteiger partial charge in [0, 0.05) is 11.6 Å². The van der Waals surface area contributed by atoms with Crippen molar-refractivity contribution in [3.63, 3.8) is 0 Å². The number of hydrogen-bond donors (Lipinski definition) is 2. The molecular weight excluding hydrogens is 288 g/mol. The number of nitrogens with zero attached hydrogens (tertiary/aromatic N) is 2. The van der Waals surface area contributed by atoms with Crippen LogP contribution < -0.4 is 5.43 Å². The van der Waals surface area contributed by atoms with E-state index < -0.39 is 0 Å². The summed E-state index contributed by atoms with van der Waals surface area (Å²) in [5, 5.41) is 3.98. The Labute approximate surface area is 137 Å². The molecule has 1 aromatic rings. The third-order valence-electron chi connectivity index (χ3n) is 5.90. The summed E-state index contributed by atoms with van der Waals surface area (Å²) in [6.45, 7) is 4.05. The summed E-state index contributed by atoms with van der Waals surface area (Å²) in [6.07, 6.45) is 11.4. The summed E-state index contributed by atoms with van der Waals surface area (Å²) in [5.74, 6) is 3.78. The maximum atomic E-state index is 12.2. The first-order valence-electron chi connectivity index (χ1n) is 8.93. The topological polar surface area (TPSA) is 70.1 Å². The first-order valence-corrected chi connectivity index (χ1v) is 8.93. The van der Waals surface area contributed by atoms with Gasteiger partial charge >= 0.3 is 0 Å². The van der Waals surface area contributed by atoms with Crippen LogP contribution in [0.1, 0.15) is 68.7 Å². The second-order valence-electron chi connectivity index (χ2n) is 8.31. The Bertz CT molecular complexity index is 595. The third kappa shape index (κ3) is 2.70. The number of carbonyl (C=O) groups is 1. The molecule has 0 radical (unpaired) electrons. The molecule has 124 valence electrons. The first-order chi connectivity index (χ1) is 11.0. The van der Waals surface area contributed by atoms with Gasteiger partial charge < -0.3 is 4.98 Å². The molecule has 0 aromatic carbocycles. The van der Waals surface area contributed by atoms with Gasteiger partial charge in [0.1, 0.15) is 11.5 Å². The van der Waals surface area contributed by atoms with Crippen molar-refractivity contribution in [3.05, 3.63) is 17.7 Å². The highest BCUT2D eigenvalue weighted by Crippen LogP contribution is 2.60. The van der Waals surface area contributed by atoms with Crippen molar-refractivity contribution in [2.24, 2.45) is 28.8 Å². The van der Waals surface area contributed by atoms with Crippen molar-refractivity contribution >= 4 is 12.1 Å². The molecule has 4 saturated carbocycles. The minimum Gasteiger partial charge on any atom is -0.337 e. The molecule has 2 N–H and O–H groups in total. The van der Waals surface area contributed by atoms with Crippen LogP contribution in [-0.2, 0) is 5.41 Å². The fourth-order valence-electron chi connectivity index (χ4n) is 5.41. The Morgan fingerprint density at radius 1 is 1.30 bits per heavy atom. The molecule has 4 aliphatic rings. The predicted octanol–water partition coefficient (Wildman–Crippen LogP) is 3.25. The molecule has 4 aliphatic carbocycles. The Kier molecular flexibility index (Phi) is 3.54. The quantitative estimate of drug-likeness (QED) is 0.661. The van der Waals surface area contributed by atoms with Crippen LogP contribution in [0.4, 0.5) is 0 Å². The van der Waals surface area contributed by atoms with E-state index >= 15 is 0 Å². The van der Waals surface area contributed by atoms with Crippen LogP contribution in [0.25, 0.3) is 0 Å². The fourth-order valence-corrected chi connectivity index (χ4v) is 5.41. The average molecular weight is 314 g/mol. The van der Waals surface area contributed by atoms with Gasteiger partial charge in [0.05, 0.1) is 6.20 Å². The summed E-state index contributed by atoms with van der Waals surface area (Å²) in [6, 6.07) is 0. The molecule has 5 rings (SSSR count). The maximum Gasteiger partial charge on any atom is 0.289 e. The lowest BCUT2D eigenvalue weighted by atomic mass is 9.49. The smallest absolute Gasteiger partial charge is 0.289 e. The van der Waals surface area contributed by atoms with E-state index in [1.807, 2.05) is 13.8 Å². The number of rotatable bonds is 4. The lowest BCUT2D eigenvalue weighted by Gasteiger charge is -2.55. The second kappa shape index (κ2) is 5.46. The van der Waals surface area contributed by atoms with Crippen LogP contribution in [0, 0.1) is 23.7 Å². The number of hydrazone groups is 1. The molecule has 1 heterocycles. The number of aromatic amines is 1. The van der Waals surface area contributed by atoms with E-state index in [1.54, 1.807) is 12.4 Å². The highest BCUT2D eigenvalue weighted by atomic mass is 16.2. The van der Waals surface area contributed by atoms with Gasteiger partial charge in [-0.2, -0.15) is 5.10 Å². The minimum absolute atomic E-state index is 0.203. The van der Waals surface area contributed by atoms with Crippen molar-refractivity contribution in [1.82, 2.24) is 15.4 Å². The molecule has 0 atom stereocenters. The third-order valence-corrected chi connectivity index (χ3v) is 5.90. The number of aromatic nitrogens is 2. The van der Waals surface area contributed by atoms with Crippen molar-refractivity contribution < 1.29 is 4.79 Å². The van der Waals surface area contributed by atoms with Crippen LogP contribution in [0.3, 0.4) is 0 Å². The van der Waals surface area contributed by atoms with E-state index in [-0.39, 0.29) is 11.3 Å². The average Bonchev–Trinajstić information content (AvgIpc) is 2.96. The van der Waals surface area contributed by atoms with Gasteiger partial charge in [-0.3, -0.25) is 4.79 Å². The van der Waals surface area contributed by atoms with Crippen molar-refractivity contribution in [2.45, 2.75) is 57.8 Å². The number of nitrogens with one attached hydrogen (secondary N) is 2. The summed E-state index contributed by atoms with van der Waals surface area (Å²) in [7, 11) is 0. The summed E-state index contributed by atoms with van der Waals surface area (Å²) >= 11 is 0. The first kappa shape index (κ1) is 14.9. The van der Waals surface area contributed by atoms with Crippen molar-refractivity contribution in [2.75, 3.05) is 0 Å². The van der Waals surface area contributed by atoms with E-state index in [9.17, 15) is 4.79 Å². The van der Waals surface area contributed by atoms with E-state index in [0.717, 1.165) is 23.6 Å². The molecule has 1 amide bonds. The second-order valence-corrected chi connectivity index (χ2v) is 8.31. The number of hydrogen-bond acceptors (Lipinski definition) is 3. The van der Waals surface area contributed by atoms with Crippen molar-refractivity contribution in [3.8, 4) is 0 Å². The Balaban J connectivity index is 1.51. The van der Waals surface area contributed by atoms with Crippen LogP contribution in [0.2, 0.25) is 0 Å². The van der Waals surface area contributed by atoms with Gasteiger partial charge in [0.15, 0.2) is 0 Å². The molecule has 0 spiro atoms. The minimum atomic E-state index is -0.203. The summed E-state index contributed by atoms with van der Waals surface area (Å²) in [4.78, 5) is 20.1. The SMILES string of the molecule is CC(C)/C=N/NC(=O)c1cnc(C23CC4CC(CC(C4)C2)C3)[nH]1. The molecular formula is C18H26N4O. The molecule has 0 saturated heterocycles. The normalized spacial score (nSPS) is 35.3. The summed E-state index contributed by atoms with van der Waals surface area (Å²) < 4.78 is 0. The molecule has 5 heteroatoms. The molecule has 23 heavy (non-hydrogen) atoms. The van der Waals surface area contributed by atoms with Gasteiger partial charge in [-0.15, -0.1) is 0 Å². The molecule has 0 aliphatic heterocycles. The lowest BCUT2D eigenvalue weighted by molar-refractivity contribution is -0.00903. The largest absolute Gasteiger partial charge is 0.337 e. The molecule has 1 aromatic heterocycles. The Hall–Kier alpha value is -1.65. The number of carbonyl (C=O) groups excluding carboxylic acids is 1. The van der Waals surface area contributed by atoms with E-state index in [4.69, 9.17) is 0 Å². The monoisotopic (exact) mass is 314 g/mol. The number of imidazole rings is 1. The van der Waals surface area contributed by atoms with Crippen LogP contribution in [0.15, 0.2) is 11.3 Å². The van der Waals surface area contributed by atoms with Gasteiger partial charge in [-0.1, -0.05) is 13.8 Å². The van der Waals surface area contributed by atoms with Gasteiger partial charge in [0.2, 0.25) is 0 Å². The lowest BCUT2D eigenvalue weighted by Crippen LogP contribution is -2.49. The number of amides is 1. The van der Waals surface area contributed by atoms with Gasteiger partial charge in [-0.25, -0.2) is 10.4 Å².